The van der Waals surface area contributed by atoms with Crippen molar-refractivity contribution in [1.29, 1.82) is 0 Å². The first-order valence-corrected chi connectivity index (χ1v) is 6.54. The zero-order valence-corrected chi connectivity index (χ0v) is 12.0. The van der Waals surface area contributed by atoms with Gasteiger partial charge in [0.2, 0.25) is 0 Å². The van der Waals surface area contributed by atoms with Gasteiger partial charge in [-0.15, -0.1) is 9.90 Å². The van der Waals surface area contributed by atoms with Gasteiger partial charge in [-0.2, -0.15) is 0 Å². The molecule has 1 heterocycles. The minimum Gasteiger partial charge on any atom is -0.493 e. The van der Waals surface area contributed by atoms with E-state index in [4.69, 9.17) is 4.74 Å². The van der Waals surface area contributed by atoms with E-state index in [1.54, 1.807) is 18.2 Å². The Morgan fingerprint density at radius 2 is 2.33 bits per heavy atom. The molecule has 0 fully saturated rings. The SMILES string of the molecule is C=Cn1nnc(NC(=O)c2cccc(OCC(C)C)c2)n1. The van der Waals surface area contributed by atoms with E-state index in [1.165, 1.54) is 6.20 Å². The van der Waals surface area contributed by atoms with E-state index in [0.717, 1.165) is 4.80 Å². The maximum atomic E-state index is 12.1. The van der Waals surface area contributed by atoms with Crippen LogP contribution in [0.15, 0.2) is 30.8 Å². The Kier molecular flexibility index (Phi) is 4.65. The van der Waals surface area contributed by atoms with Gasteiger partial charge in [0.1, 0.15) is 5.75 Å². The number of rotatable bonds is 6. The fraction of sp³-hybridized carbons (Fsp3) is 0.286. The van der Waals surface area contributed by atoms with Gasteiger partial charge in [-0.3, -0.25) is 10.1 Å². The van der Waals surface area contributed by atoms with E-state index in [0.29, 0.717) is 23.8 Å². The Bertz CT molecular complexity index is 636. The summed E-state index contributed by atoms with van der Waals surface area (Å²) in [6.07, 6.45) is 1.38. The number of amides is 1. The smallest absolute Gasteiger partial charge is 0.270 e. The van der Waals surface area contributed by atoms with E-state index in [2.05, 4.69) is 41.2 Å². The summed E-state index contributed by atoms with van der Waals surface area (Å²) in [7, 11) is 0. The normalized spacial score (nSPS) is 10.4. The van der Waals surface area contributed by atoms with E-state index in [9.17, 15) is 4.79 Å². The molecule has 1 amide bonds. The fourth-order valence-corrected chi connectivity index (χ4v) is 1.52. The van der Waals surface area contributed by atoms with Crippen LogP contribution in [0.4, 0.5) is 5.95 Å². The topological polar surface area (TPSA) is 81.9 Å². The van der Waals surface area contributed by atoms with E-state index >= 15 is 0 Å². The molecule has 0 aliphatic rings. The van der Waals surface area contributed by atoms with Gasteiger partial charge in [0.05, 0.1) is 6.61 Å². The lowest BCUT2D eigenvalue weighted by molar-refractivity contribution is 0.102. The third-order valence-electron chi connectivity index (χ3n) is 2.50. The number of anilines is 1. The molecule has 0 atom stereocenters. The molecule has 0 bridgehead atoms. The Balaban J connectivity index is 2.04. The summed E-state index contributed by atoms with van der Waals surface area (Å²) in [4.78, 5) is 13.3. The standard InChI is InChI=1S/C14H17N5O2/c1-4-19-17-14(16-18-19)15-13(20)11-6-5-7-12(8-11)21-9-10(2)3/h4-8,10H,1,9H2,2-3H3,(H,15,17,20). The average Bonchev–Trinajstić information content (AvgIpc) is 2.93. The van der Waals surface area contributed by atoms with Crippen LogP contribution in [0.25, 0.3) is 6.20 Å². The summed E-state index contributed by atoms with van der Waals surface area (Å²) in [5.41, 5.74) is 0.464. The van der Waals surface area contributed by atoms with Crippen molar-refractivity contribution >= 4 is 18.1 Å². The second kappa shape index (κ2) is 6.65. The number of carbonyl (C=O) groups is 1. The number of tetrazole rings is 1. The van der Waals surface area contributed by atoms with E-state index in [-0.39, 0.29) is 11.9 Å². The molecule has 2 aromatic rings. The van der Waals surface area contributed by atoms with E-state index < -0.39 is 0 Å². The first-order chi connectivity index (χ1) is 10.1. The van der Waals surface area contributed by atoms with Gasteiger partial charge in [0.15, 0.2) is 0 Å². The number of nitrogens with zero attached hydrogens (tertiary/aromatic N) is 4. The molecule has 0 saturated heterocycles. The second-order valence-corrected chi connectivity index (χ2v) is 4.80. The molecule has 0 radical (unpaired) electrons. The number of hydrogen-bond donors (Lipinski definition) is 1. The Hall–Kier alpha value is -2.70. The van der Waals surface area contributed by atoms with Gasteiger partial charge < -0.3 is 4.74 Å². The summed E-state index contributed by atoms with van der Waals surface area (Å²) >= 11 is 0. The maximum Gasteiger partial charge on any atom is 0.270 e. The third-order valence-corrected chi connectivity index (χ3v) is 2.50. The van der Waals surface area contributed by atoms with E-state index in [1.807, 2.05) is 6.07 Å². The molecule has 7 nitrogen and oxygen atoms in total. The zero-order chi connectivity index (χ0) is 15.2. The van der Waals surface area contributed by atoms with Gasteiger partial charge >= 0.3 is 0 Å². The van der Waals surface area contributed by atoms with Crippen LogP contribution in [-0.4, -0.2) is 32.7 Å². The predicted molar refractivity (Wildman–Crippen MR) is 78.9 cm³/mol. The Labute approximate surface area is 122 Å². The minimum atomic E-state index is -0.325. The molecule has 0 saturated carbocycles. The highest BCUT2D eigenvalue weighted by molar-refractivity contribution is 6.03. The molecular formula is C14H17N5O2. The van der Waals surface area contributed by atoms with Gasteiger partial charge in [0.25, 0.3) is 11.9 Å². The number of nitrogens with one attached hydrogen (secondary N) is 1. The van der Waals surface area contributed by atoms with Crippen molar-refractivity contribution in [2.45, 2.75) is 13.8 Å². The van der Waals surface area contributed by atoms with Gasteiger partial charge in [0, 0.05) is 11.8 Å². The van der Waals surface area contributed by atoms with Crippen LogP contribution in [-0.2, 0) is 0 Å². The Morgan fingerprint density at radius 3 is 3.00 bits per heavy atom. The number of ether oxygens (including phenoxy) is 1. The molecule has 7 heteroatoms. The van der Waals surface area contributed by atoms with Gasteiger partial charge in [-0.25, -0.2) is 0 Å². The van der Waals surface area contributed by atoms with Crippen molar-refractivity contribution in [3.05, 3.63) is 36.4 Å². The zero-order valence-electron chi connectivity index (χ0n) is 12.0. The molecule has 2 rings (SSSR count). The number of hydrogen-bond acceptors (Lipinski definition) is 5. The molecule has 1 N–H and O–H groups in total. The fourth-order valence-electron chi connectivity index (χ4n) is 1.52. The highest BCUT2D eigenvalue weighted by Gasteiger charge is 2.10. The number of benzene rings is 1. The molecule has 0 unspecified atom stereocenters. The molecule has 0 aliphatic carbocycles. The van der Waals surface area contributed by atoms with Crippen LogP contribution in [0.2, 0.25) is 0 Å². The largest absolute Gasteiger partial charge is 0.493 e. The van der Waals surface area contributed by atoms with Crippen LogP contribution in [0.1, 0.15) is 24.2 Å². The first-order valence-electron chi connectivity index (χ1n) is 6.54. The molecular weight excluding hydrogens is 270 g/mol. The number of aromatic nitrogens is 4. The highest BCUT2D eigenvalue weighted by Crippen LogP contribution is 2.15. The van der Waals surface area contributed by atoms with Crippen molar-refractivity contribution in [1.82, 2.24) is 20.2 Å². The average molecular weight is 287 g/mol. The maximum absolute atomic E-state index is 12.1. The lowest BCUT2D eigenvalue weighted by Crippen LogP contribution is -2.13. The van der Waals surface area contributed by atoms with Crippen molar-refractivity contribution in [2.75, 3.05) is 11.9 Å². The highest BCUT2D eigenvalue weighted by atomic mass is 16.5. The summed E-state index contributed by atoms with van der Waals surface area (Å²) < 4.78 is 5.59. The summed E-state index contributed by atoms with van der Waals surface area (Å²) in [5.74, 6) is 0.863. The number of carbonyl (C=O) groups excluding carboxylic acids is 1. The van der Waals surface area contributed by atoms with Gasteiger partial charge in [-0.05, 0) is 29.3 Å². The van der Waals surface area contributed by atoms with Crippen LogP contribution in [0.5, 0.6) is 5.75 Å². The van der Waals surface area contributed by atoms with Crippen molar-refractivity contribution < 1.29 is 9.53 Å². The van der Waals surface area contributed by atoms with Crippen LogP contribution in [0.3, 0.4) is 0 Å². The van der Waals surface area contributed by atoms with Crippen molar-refractivity contribution in [3.63, 3.8) is 0 Å². The summed E-state index contributed by atoms with van der Waals surface area (Å²) in [6, 6.07) is 6.94. The molecule has 110 valence electrons. The minimum absolute atomic E-state index is 0.119. The molecule has 1 aromatic carbocycles. The van der Waals surface area contributed by atoms with Crippen molar-refractivity contribution in [2.24, 2.45) is 5.92 Å². The van der Waals surface area contributed by atoms with Crippen LogP contribution < -0.4 is 10.1 Å². The predicted octanol–water partition coefficient (Wildman–Crippen LogP) is 2.06. The first kappa shape index (κ1) is 14.7. The molecule has 0 aliphatic heterocycles. The van der Waals surface area contributed by atoms with Crippen LogP contribution >= 0.6 is 0 Å². The Morgan fingerprint density at radius 1 is 1.52 bits per heavy atom. The molecule has 21 heavy (non-hydrogen) atoms. The monoisotopic (exact) mass is 287 g/mol. The molecule has 1 aromatic heterocycles. The second-order valence-electron chi connectivity index (χ2n) is 4.80. The van der Waals surface area contributed by atoms with Crippen molar-refractivity contribution in [3.8, 4) is 5.75 Å². The third kappa shape index (κ3) is 4.13. The lowest BCUT2D eigenvalue weighted by Gasteiger charge is -2.09. The molecule has 0 spiro atoms. The van der Waals surface area contributed by atoms with Gasteiger partial charge in [-0.1, -0.05) is 31.6 Å². The van der Waals surface area contributed by atoms with Crippen LogP contribution in [0, 0.1) is 5.92 Å². The summed E-state index contributed by atoms with van der Waals surface area (Å²) in [6.45, 7) is 8.22. The quantitative estimate of drug-likeness (QED) is 0.879. The lowest BCUT2D eigenvalue weighted by atomic mass is 10.2. The summed E-state index contributed by atoms with van der Waals surface area (Å²) in [5, 5.41) is 13.8.